The fraction of sp³-hybridized carbons (Fsp3) is 0.500. The molecule has 2 N–H and O–H groups in total. The van der Waals surface area contributed by atoms with Crippen LogP contribution in [0.2, 0.25) is 0 Å². The highest BCUT2D eigenvalue weighted by Crippen LogP contribution is 2.03. The topological polar surface area (TPSA) is 74.8 Å². The van der Waals surface area contributed by atoms with E-state index in [1.54, 1.807) is 6.92 Å². The first-order valence-corrected chi connectivity index (χ1v) is 6.24. The van der Waals surface area contributed by atoms with E-state index in [0.29, 0.717) is 17.7 Å². The van der Waals surface area contributed by atoms with Crippen LogP contribution in [-0.4, -0.2) is 30.3 Å². The van der Waals surface area contributed by atoms with Crippen molar-refractivity contribution in [3.63, 3.8) is 0 Å². The van der Waals surface area contributed by atoms with Gasteiger partial charge in [0.15, 0.2) is 5.03 Å². The molecule has 1 rings (SSSR count). The largest absolute Gasteiger partial charge is 0.332 e. The average Bonchev–Trinajstić information content (AvgIpc) is 2.49. The summed E-state index contributed by atoms with van der Waals surface area (Å²) in [5.74, 6) is 0.583. The van der Waals surface area contributed by atoms with Gasteiger partial charge >= 0.3 is 0 Å². The first kappa shape index (κ1) is 10.7. The number of nitrogens with zero attached hydrogens (tertiary/aromatic N) is 1. The summed E-state index contributed by atoms with van der Waals surface area (Å²) in [7, 11) is -3.40. The summed E-state index contributed by atoms with van der Waals surface area (Å²) < 4.78 is 25.2. The van der Waals surface area contributed by atoms with E-state index in [9.17, 15) is 8.42 Å². The van der Waals surface area contributed by atoms with Crippen LogP contribution in [0.4, 0.5) is 0 Å². The van der Waals surface area contributed by atoms with Gasteiger partial charge in [0, 0.05) is 11.9 Å². The molecule has 74 valence electrons. The average molecular weight is 268 g/mol. The van der Waals surface area contributed by atoms with E-state index in [-0.39, 0.29) is 5.03 Å². The van der Waals surface area contributed by atoms with Crippen molar-refractivity contribution >= 4 is 26.0 Å². The van der Waals surface area contributed by atoms with Gasteiger partial charge in [-0.25, -0.2) is 18.1 Å². The van der Waals surface area contributed by atoms with Crippen LogP contribution in [0.5, 0.6) is 0 Å². The summed E-state index contributed by atoms with van der Waals surface area (Å²) in [6.07, 6.45) is 1.30. The minimum absolute atomic E-state index is 0.103. The Bertz CT molecular complexity index is 373. The zero-order valence-corrected chi connectivity index (χ0v) is 9.44. The van der Waals surface area contributed by atoms with Crippen LogP contribution in [0.3, 0.4) is 0 Å². The minimum Gasteiger partial charge on any atom is -0.332 e. The van der Waals surface area contributed by atoms with Gasteiger partial charge in [-0.2, -0.15) is 0 Å². The maximum atomic E-state index is 11.4. The molecule has 0 amide bonds. The maximum absolute atomic E-state index is 11.4. The van der Waals surface area contributed by atoms with E-state index in [4.69, 9.17) is 0 Å². The van der Waals surface area contributed by atoms with E-state index >= 15 is 0 Å². The third kappa shape index (κ3) is 2.78. The van der Waals surface area contributed by atoms with Gasteiger partial charge in [0.1, 0.15) is 5.82 Å². The fourth-order valence-corrected chi connectivity index (χ4v) is 2.25. The number of aryl methyl sites for hydroxylation is 1. The number of rotatable bonds is 4. The first-order valence-electron chi connectivity index (χ1n) is 3.63. The number of imidazole rings is 1. The molecule has 0 spiro atoms. The molecular formula is C6H10BrN3O2S. The van der Waals surface area contributed by atoms with Crippen LogP contribution < -0.4 is 4.72 Å². The normalized spacial score (nSPS) is 11.8. The molecule has 0 unspecified atom stereocenters. The third-order valence-corrected chi connectivity index (χ3v) is 3.12. The molecule has 0 atom stereocenters. The van der Waals surface area contributed by atoms with Gasteiger partial charge in [-0.15, -0.1) is 0 Å². The lowest BCUT2D eigenvalue weighted by Gasteiger charge is -2.00. The van der Waals surface area contributed by atoms with Crippen molar-refractivity contribution in [3.8, 4) is 0 Å². The lowest BCUT2D eigenvalue weighted by Crippen LogP contribution is -2.25. The van der Waals surface area contributed by atoms with E-state index in [0.717, 1.165) is 0 Å². The zero-order valence-electron chi connectivity index (χ0n) is 7.04. The highest BCUT2D eigenvalue weighted by molar-refractivity contribution is 9.09. The molecule has 0 aromatic carbocycles. The second-order valence-electron chi connectivity index (χ2n) is 2.42. The zero-order chi connectivity index (χ0) is 9.90. The Morgan fingerprint density at radius 3 is 2.85 bits per heavy atom. The van der Waals surface area contributed by atoms with Gasteiger partial charge in [0.25, 0.3) is 10.0 Å². The molecular weight excluding hydrogens is 258 g/mol. The minimum atomic E-state index is -3.40. The number of nitrogens with one attached hydrogen (secondary N) is 2. The maximum Gasteiger partial charge on any atom is 0.257 e. The van der Waals surface area contributed by atoms with Gasteiger partial charge < -0.3 is 4.98 Å². The molecule has 1 heterocycles. The van der Waals surface area contributed by atoms with Crippen LogP contribution in [0.1, 0.15) is 5.82 Å². The quantitative estimate of drug-likeness (QED) is 0.776. The van der Waals surface area contributed by atoms with Crippen molar-refractivity contribution in [3.05, 3.63) is 12.0 Å². The van der Waals surface area contributed by atoms with Gasteiger partial charge in [0.05, 0.1) is 6.20 Å². The number of aromatic amines is 1. The predicted octanol–water partition coefficient (Wildman–Crippen LogP) is 0.391. The molecule has 1 aromatic heterocycles. The molecule has 0 bridgehead atoms. The Kier molecular flexibility index (Phi) is 3.46. The molecule has 1 aromatic rings. The van der Waals surface area contributed by atoms with Crippen LogP contribution in [0.15, 0.2) is 11.2 Å². The van der Waals surface area contributed by atoms with Crippen molar-refractivity contribution in [2.75, 3.05) is 11.9 Å². The van der Waals surface area contributed by atoms with E-state index < -0.39 is 10.0 Å². The van der Waals surface area contributed by atoms with Crippen LogP contribution in [0.25, 0.3) is 0 Å². The highest BCUT2D eigenvalue weighted by Gasteiger charge is 2.14. The van der Waals surface area contributed by atoms with Crippen molar-refractivity contribution < 1.29 is 8.42 Å². The number of sulfonamides is 1. The molecule has 0 fully saturated rings. The smallest absolute Gasteiger partial charge is 0.257 e. The summed E-state index contributed by atoms with van der Waals surface area (Å²) in [5, 5.41) is 0.685. The van der Waals surface area contributed by atoms with E-state index in [1.807, 2.05) is 0 Å². The molecule has 0 aliphatic rings. The van der Waals surface area contributed by atoms with Crippen molar-refractivity contribution in [1.82, 2.24) is 14.7 Å². The first-order chi connectivity index (χ1) is 6.06. The second-order valence-corrected chi connectivity index (χ2v) is 4.95. The summed E-state index contributed by atoms with van der Waals surface area (Å²) in [6.45, 7) is 2.06. The lowest BCUT2D eigenvalue weighted by atomic mass is 10.8. The molecule has 0 aliphatic heterocycles. The molecule has 7 heteroatoms. The van der Waals surface area contributed by atoms with Crippen molar-refractivity contribution in [1.29, 1.82) is 0 Å². The van der Waals surface area contributed by atoms with Crippen molar-refractivity contribution in [2.24, 2.45) is 0 Å². The van der Waals surface area contributed by atoms with Gasteiger partial charge in [-0.05, 0) is 6.92 Å². The molecule has 0 radical (unpaired) electrons. The monoisotopic (exact) mass is 267 g/mol. The molecule has 13 heavy (non-hydrogen) atoms. The summed E-state index contributed by atoms with van der Waals surface area (Å²) >= 11 is 3.13. The van der Waals surface area contributed by atoms with Gasteiger partial charge in [-0.3, -0.25) is 0 Å². The Morgan fingerprint density at radius 2 is 2.38 bits per heavy atom. The molecule has 0 aliphatic carbocycles. The fourth-order valence-electron chi connectivity index (χ4n) is 0.786. The standard InChI is InChI=1S/C6H10BrN3O2S/c1-5-8-4-6(10-5)13(11,12)9-3-2-7/h4,9H,2-3H2,1H3,(H,8,10). The van der Waals surface area contributed by atoms with E-state index in [2.05, 4.69) is 30.6 Å². The third-order valence-electron chi connectivity index (χ3n) is 1.36. The number of hydrogen-bond donors (Lipinski definition) is 2. The van der Waals surface area contributed by atoms with E-state index in [1.165, 1.54) is 6.20 Å². The predicted molar refractivity (Wildman–Crippen MR) is 52.3 cm³/mol. The molecule has 0 saturated heterocycles. The van der Waals surface area contributed by atoms with Crippen LogP contribution >= 0.6 is 15.9 Å². The molecule has 0 saturated carbocycles. The molecule has 5 nitrogen and oxygen atoms in total. The SMILES string of the molecule is Cc1ncc(S(=O)(=O)NCCBr)[nH]1. The number of aromatic nitrogens is 2. The number of halogens is 1. The lowest BCUT2D eigenvalue weighted by molar-refractivity contribution is 0.581. The van der Waals surface area contributed by atoms with Crippen LogP contribution in [0, 0.1) is 6.92 Å². The summed E-state index contributed by atoms with van der Waals surface area (Å²) in [5.41, 5.74) is 0. The van der Waals surface area contributed by atoms with Gasteiger partial charge in [-0.1, -0.05) is 15.9 Å². The van der Waals surface area contributed by atoms with Crippen LogP contribution in [-0.2, 0) is 10.0 Å². The summed E-state index contributed by atoms with van der Waals surface area (Å²) in [4.78, 5) is 6.45. The Morgan fingerprint density at radius 1 is 1.69 bits per heavy atom. The summed E-state index contributed by atoms with van der Waals surface area (Å²) in [6, 6.07) is 0. The number of H-pyrrole nitrogens is 1. The Balaban J connectivity index is 2.82. The number of hydrogen-bond acceptors (Lipinski definition) is 3. The second kappa shape index (κ2) is 4.21. The van der Waals surface area contributed by atoms with Crippen molar-refractivity contribution in [2.45, 2.75) is 11.9 Å². The highest BCUT2D eigenvalue weighted by atomic mass is 79.9. The Hall–Kier alpha value is -0.400. The number of alkyl halides is 1. The van der Waals surface area contributed by atoms with Gasteiger partial charge in [0.2, 0.25) is 0 Å². The Labute approximate surface area is 85.1 Å².